The Morgan fingerprint density at radius 1 is 1.03 bits per heavy atom. The van der Waals surface area contributed by atoms with E-state index in [4.69, 9.17) is 4.74 Å². The molecule has 0 amide bonds. The average Bonchev–Trinajstić information content (AvgIpc) is 2.75. The monoisotopic (exact) mass is 415 g/mol. The first-order chi connectivity index (χ1) is 14.0. The summed E-state index contributed by atoms with van der Waals surface area (Å²) in [5.74, 6) is -0.254. The van der Waals surface area contributed by atoms with Crippen LogP contribution in [0.15, 0.2) is 60.7 Å². The summed E-state index contributed by atoms with van der Waals surface area (Å²) < 4.78 is 32.4. The summed E-state index contributed by atoms with van der Waals surface area (Å²) in [5, 5.41) is 0. The number of benzene rings is 2. The summed E-state index contributed by atoms with van der Waals surface area (Å²) in [5.41, 5.74) is 1.95. The molecule has 0 N–H and O–H groups in total. The van der Waals surface area contributed by atoms with E-state index in [-0.39, 0.29) is 23.6 Å². The number of nitrogens with zero attached hydrogens (tertiary/aromatic N) is 1. The van der Waals surface area contributed by atoms with Gasteiger partial charge in [0.05, 0.1) is 18.3 Å². The predicted octanol–water partition coefficient (Wildman–Crippen LogP) is 3.97. The summed E-state index contributed by atoms with van der Waals surface area (Å²) in [6.07, 6.45) is 1.91. The lowest BCUT2D eigenvalue weighted by Gasteiger charge is -2.30. The third kappa shape index (κ3) is 5.90. The van der Waals surface area contributed by atoms with Crippen molar-refractivity contribution in [3.05, 3.63) is 71.8 Å². The number of piperidine rings is 1. The second-order valence-corrected chi connectivity index (χ2v) is 9.53. The van der Waals surface area contributed by atoms with E-state index < -0.39 is 10.0 Å². The molecule has 1 heterocycles. The molecular formula is C23H29NO4S. The van der Waals surface area contributed by atoms with E-state index in [0.717, 1.165) is 12.0 Å². The standard InChI is InChI=1S/C23H29NO4S/c1-2-20(21-11-7-4-8-12-21)17-28-23(25)22-13-15-24(16-14-22)29(26,27)18-19-9-5-3-6-10-19/h3-12,20,22H,2,13-18H2,1H3. The van der Waals surface area contributed by atoms with Gasteiger partial charge in [-0.15, -0.1) is 0 Å². The first-order valence-corrected chi connectivity index (χ1v) is 11.8. The third-order valence-corrected chi connectivity index (χ3v) is 7.41. The lowest BCUT2D eigenvalue weighted by Crippen LogP contribution is -2.41. The van der Waals surface area contributed by atoms with Gasteiger partial charge in [0.15, 0.2) is 0 Å². The van der Waals surface area contributed by atoms with Crippen molar-refractivity contribution in [1.82, 2.24) is 4.31 Å². The van der Waals surface area contributed by atoms with Crippen molar-refractivity contribution in [1.29, 1.82) is 0 Å². The molecule has 0 bridgehead atoms. The zero-order chi connectivity index (χ0) is 20.7. The maximum atomic E-state index is 12.7. The highest BCUT2D eigenvalue weighted by Crippen LogP contribution is 2.24. The van der Waals surface area contributed by atoms with Crippen molar-refractivity contribution < 1.29 is 17.9 Å². The Balaban J connectivity index is 1.49. The van der Waals surface area contributed by atoms with Crippen molar-refractivity contribution in [2.75, 3.05) is 19.7 Å². The highest BCUT2D eigenvalue weighted by atomic mass is 32.2. The Kier molecular flexibility index (Phi) is 7.45. The van der Waals surface area contributed by atoms with Crippen LogP contribution in [0.5, 0.6) is 0 Å². The first kappa shape index (κ1) is 21.5. The highest BCUT2D eigenvalue weighted by molar-refractivity contribution is 7.88. The van der Waals surface area contributed by atoms with E-state index in [1.165, 1.54) is 9.87 Å². The molecule has 1 fully saturated rings. The summed E-state index contributed by atoms with van der Waals surface area (Å²) >= 11 is 0. The van der Waals surface area contributed by atoms with Gasteiger partial charge in [-0.1, -0.05) is 67.6 Å². The Bertz CT molecular complexity index is 876. The molecule has 1 aliphatic rings. The van der Waals surface area contributed by atoms with Crippen LogP contribution in [0.2, 0.25) is 0 Å². The molecule has 2 aromatic rings. The molecule has 1 unspecified atom stereocenters. The van der Waals surface area contributed by atoms with E-state index in [1.54, 1.807) is 0 Å². The van der Waals surface area contributed by atoms with Crippen LogP contribution in [0.25, 0.3) is 0 Å². The molecule has 6 heteroatoms. The second-order valence-electron chi connectivity index (χ2n) is 7.56. The van der Waals surface area contributed by atoms with Gasteiger partial charge in [0.1, 0.15) is 0 Å². The Morgan fingerprint density at radius 2 is 1.62 bits per heavy atom. The molecular weight excluding hydrogens is 386 g/mol. The molecule has 156 valence electrons. The summed E-state index contributed by atoms with van der Waals surface area (Å²) in [6.45, 7) is 3.18. The van der Waals surface area contributed by atoms with Gasteiger partial charge in [-0.3, -0.25) is 4.79 Å². The summed E-state index contributed by atoms with van der Waals surface area (Å²) in [4.78, 5) is 12.5. The minimum absolute atomic E-state index is 0.00178. The maximum absolute atomic E-state index is 12.7. The lowest BCUT2D eigenvalue weighted by molar-refractivity contribution is -0.150. The first-order valence-electron chi connectivity index (χ1n) is 10.2. The van der Waals surface area contributed by atoms with Crippen LogP contribution in [-0.2, 0) is 25.3 Å². The minimum Gasteiger partial charge on any atom is -0.465 e. The largest absolute Gasteiger partial charge is 0.465 e. The van der Waals surface area contributed by atoms with Crippen molar-refractivity contribution in [3.63, 3.8) is 0 Å². The quantitative estimate of drug-likeness (QED) is 0.612. The second kappa shape index (κ2) is 10.0. The molecule has 2 aromatic carbocycles. The van der Waals surface area contributed by atoms with E-state index in [2.05, 4.69) is 19.1 Å². The number of carbonyl (C=O) groups excluding carboxylic acids is 1. The van der Waals surface area contributed by atoms with Gasteiger partial charge in [0.25, 0.3) is 0 Å². The fourth-order valence-electron chi connectivity index (χ4n) is 3.72. The van der Waals surface area contributed by atoms with Crippen molar-refractivity contribution in [2.24, 2.45) is 5.92 Å². The van der Waals surface area contributed by atoms with Crippen molar-refractivity contribution in [3.8, 4) is 0 Å². The molecule has 1 aliphatic heterocycles. The zero-order valence-electron chi connectivity index (χ0n) is 16.9. The Labute approximate surface area is 173 Å². The molecule has 1 atom stereocenters. The van der Waals surface area contributed by atoms with Crippen LogP contribution in [0.3, 0.4) is 0 Å². The van der Waals surface area contributed by atoms with Crippen molar-refractivity contribution in [2.45, 2.75) is 37.9 Å². The van der Waals surface area contributed by atoms with Crippen LogP contribution in [0.1, 0.15) is 43.2 Å². The van der Waals surface area contributed by atoms with Gasteiger partial charge in [0, 0.05) is 19.0 Å². The molecule has 0 aliphatic carbocycles. The molecule has 0 spiro atoms. The SMILES string of the molecule is CCC(COC(=O)C1CCN(S(=O)(=O)Cc2ccccc2)CC1)c1ccccc1. The minimum atomic E-state index is -3.37. The Hall–Kier alpha value is -2.18. The number of rotatable bonds is 8. The third-order valence-electron chi connectivity index (χ3n) is 5.56. The van der Waals surface area contributed by atoms with Gasteiger partial charge >= 0.3 is 5.97 Å². The van der Waals surface area contributed by atoms with Gasteiger partial charge in [-0.2, -0.15) is 0 Å². The van der Waals surface area contributed by atoms with Gasteiger partial charge in [-0.05, 0) is 30.4 Å². The summed E-state index contributed by atoms with van der Waals surface area (Å²) in [7, 11) is -3.37. The fraction of sp³-hybridized carbons (Fsp3) is 0.435. The van der Waals surface area contributed by atoms with E-state index in [1.807, 2.05) is 48.5 Å². The lowest BCUT2D eigenvalue weighted by atomic mass is 9.96. The maximum Gasteiger partial charge on any atom is 0.309 e. The fourth-order valence-corrected chi connectivity index (χ4v) is 5.28. The van der Waals surface area contributed by atoms with Crippen molar-refractivity contribution >= 4 is 16.0 Å². The predicted molar refractivity (Wildman–Crippen MR) is 114 cm³/mol. The number of ether oxygens (including phenoxy) is 1. The van der Waals surface area contributed by atoms with Gasteiger partial charge in [-0.25, -0.2) is 12.7 Å². The number of carbonyl (C=O) groups is 1. The van der Waals surface area contributed by atoms with Crippen LogP contribution < -0.4 is 0 Å². The molecule has 0 radical (unpaired) electrons. The topological polar surface area (TPSA) is 63.7 Å². The zero-order valence-corrected chi connectivity index (χ0v) is 17.7. The smallest absolute Gasteiger partial charge is 0.309 e. The van der Waals surface area contributed by atoms with Crippen LogP contribution >= 0.6 is 0 Å². The van der Waals surface area contributed by atoms with Crippen LogP contribution in [-0.4, -0.2) is 38.4 Å². The normalized spacial score (nSPS) is 17.0. The van der Waals surface area contributed by atoms with Gasteiger partial charge < -0.3 is 4.74 Å². The van der Waals surface area contributed by atoms with Crippen LogP contribution in [0.4, 0.5) is 0 Å². The summed E-state index contributed by atoms with van der Waals surface area (Å²) in [6, 6.07) is 19.2. The van der Waals surface area contributed by atoms with E-state index in [0.29, 0.717) is 32.5 Å². The van der Waals surface area contributed by atoms with E-state index in [9.17, 15) is 13.2 Å². The molecule has 29 heavy (non-hydrogen) atoms. The molecule has 0 aromatic heterocycles. The van der Waals surface area contributed by atoms with Crippen LogP contribution in [0, 0.1) is 5.92 Å². The number of hydrogen-bond donors (Lipinski definition) is 0. The molecule has 3 rings (SSSR count). The highest BCUT2D eigenvalue weighted by Gasteiger charge is 2.32. The Morgan fingerprint density at radius 3 is 2.21 bits per heavy atom. The average molecular weight is 416 g/mol. The molecule has 0 saturated carbocycles. The number of hydrogen-bond acceptors (Lipinski definition) is 4. The number of sulfonamides is 1. The molecule has 5 nitrogen and oxygen atoms in total. The van der Waals surface area contributed by atoms with Gasteiger partial charge in [0.2, 0.25) is 10.0 Å². The van der Waals surface area contributed by atoms with E-state index >= 15 is 0 Å². The number of esters is 1. The molecule has 1 saturated heterocycles.